The summed E-state index contributed by atoms with van der Waals surface area (Å²) in [7, 11) is 1.32. The fourth-order valence-corrected chi connectivity index (χ4v) is 4.62. The molecule has 0 radical (unpaired) electrons. The Balaban J connectivity index is 0.000000566. The molecule has 3 aromatic carbocycles. The lowest BCUT2D eigenvalue weighted by atomic mass is 9.99. The van der Waals surface area contributed by atoms with E-state index in [1.165, 1.54) is 7.11 Å². The SMILES string of the molecule is COC(=O)c1ccc2c(c1)NC(=O)/C2=C(\Nc1ccc(C(=O)N2CCCNCC2)cc1)c1ccccc1.O=C(O)C(F)(F)F. The van der Waals surface area contributed by atoms with Gasteiger partial charge in [0.25, 0.3) is 11.8 Å². The maximum absolute atomic E-state index is 13.2. The van der Waals surface area contributed by atoms with Gasteiger partial charge in [-0.2, -0.15) is 13.2 Å². The minimum Gasteiger partial charge on any atom is -0.475 e. The number of aliphatic carboxylic acids is 1. The van der Waals surface area contributed by atoms with Crippen LogP contribution in [0.15, 0.2) is 72.8 Å². The molecule has 2 aliphatic rings. The molecule has 13 heteroatoms. The number of rotatable bonds is 5. The molecule has 44 heavy (non-hydrogen) atoms. The highest BCUT2D eigenvalue weighted by Crippen LogP contribution is 2.38. The Morgan fingerprint density at radius 2 is 1.57 bits per heavy atom. The van der Waals surface area contributed by atoms with Gasteiger partial charge in [0.1, 0.15) is 0 Å². The summed E-state index contributed by atoms with van der Waals surface area (Å²) in [5, 5.41) is 16.7. The Bertz CT molecular complexity index is 1570. The zero-order valence-corrected chi connectivity index (χ0v) is 23.5. The summed E-state index contributed by atoms with van der Waals surface area (Å²) < 4.78 is 36.5. The summed E-state index contributed by atoms with van der Waals surface area (Å²) in [5.41, 5.74) is 4.88. The van der Waals surface area contributed by atoms with Gasteiger partial charge in [0.15, 0.2) is 0 Å². The molecule has 230 valence electrons. The second-order valence-electron chi connectivity index (χ2n) is 9.72. The van der Waals surface area contributed by atoms with E-state index in [0.717, 1.165) is 37.3 Å². The topological polar surface area (TPSA) is 137 Å². The standard InChI is InChI=1S/C29H28N4O4.C2HF3O2/c1-37-29(36)21-10-13-23-24(18-21)32-27(34)25(23)26(19-6-3-2-4-7-19)31-22-11-8-20(9-12-22)28(35)33-16-5-14-30-15-17-33;3-2(4,5)1(6)7/h2-4,6-13,18,30-31H,5,14-17H2,1H3,(H,32,34);(H,6,7)/b26-25-;. The highest BCUT2D eigenvalue weighted by molar-refractivity contribution is 6.37. The van der Waals surface area contributed by atoms with E-state index in [0.29, 0.717) is 40.2 Å². The summed E-state index contributed by atoms with van der Waals surface area (Å²) >= 11 is 0. The third kappa shape index (κ3) is 7.61. The van der Waals surface area contributed by atoms with E-state index in [1.807, 2.05) is 59.5 Å². The van der Waals surface area contributed by atoms with Crippen LogP contribution in [-0.4, -0.2) is 73.2 Å². The maximum atomic E-state index is 13.2. The zero-order valence-electron chi connectivity index (χ0n) is 23.5. The molecule has 0 aromatic heterocycles. The molecule has 0 spiro atoms. The fraction of sp³-hybridized carbons (Fsp3) is 0.226. The van der Waals surface area contributed by atoms with E-state index < -0.39 is 18.1 Å². The van der Waals surface area contributed by atoms with Crippen molar-refractivity contribution in [2.24, 2.45) is 0 Å². The van der Waals surface area contributed by atoms with Crippen molar-refractivity contribution in [2.75, 3.05) is 43.9 Å². The average Bonchev–Trinajstić information content (AvgIpc) is 3.15. The lowest BCUT2D eigenvalue weighted by Gasteiger charge is -2.20. The van der Waals surface area contributed by atoms with Crippen LogP contribution in [0.5, 0.6) is 0 Å². The lowest BCUT2D eigenvalue weighted by molar-refractivity contribution is -0.192. The van der Waals surface area contributed by atoms with Crippen molar-refractivity contribution in [2.45, 2.75) is 12.6 Å². The van der Waals surface area contributed by atoms with Gasteiger partial charge in [-0.05, 0) is 54.9 Å². The van der Waals surface area contributed by atoms with Crippen LogP contribution in [0.2, 0.25) is 0 Å². The fourth-order valence-electron chi connectivity index (χ4n) is 4.62. The molecular weight excluding hydrogens is 581 g/mol. The molecule has 2 heterocycles. The summed E-state index contributed by atoms with van der Waals surface area (Å²) in [4.78, 5) is 48.9. The highest BCUT2D eigenvalue weighted by Gasteiger charge is 2.38. The number of carboxylic acid groups (broad SMARTS) is 1. The number of ether oxygens (including phenoxy) is 1. The number of methoxy groups -OCH3 is 1. The maximum Gasteiger partial charge on any atom is 0.490 e. The number of anilines is 2. The Kier molecular flexibility index (Phi) is 10.0. The Morgan fingerprint density at radius 1 is 0.909 bits per heavy atom. The second kappa shape index (κ2) is 13.9. The molecule has 4 N–H and O–H groups in total. The van der Waals surface area contributed by atoms with Crippen LogP contribution in [0.25, 0.3) is 11.3 Å². The van der Waals surface area contributed by atoms with E-state index in [1.54, 1.807) is 18.2 Å². The second-order valence-corrected chi connectivity index (χ2v) is 9.72. The molecule has 1 saturated heterocycles. The van der Waals surface area contributed by atoms with Crippen molar-refractivity contribution < 1.29 is 42.2 Å². The van der Waals surface area contributed by atoms with Gasteiger partial charge in [-0.15, -0.1) is 0 Å². The predicted molar refractivity (Wildman–Crippen MR) is 157 cm³/mol. The summed E-state index contributed by atoms with van der Waals surface area (Å²) in [5.74, 6) is -3.48. The largest absolute Gasteiger partial charge is 0.490 e. The van der Waals surface area contributed by atoms with Crippen molar-refractivity contribution in [1.82, 2.24) is 10.2 Å². The third-order valence-corrected chi connectivity index (χ3v) is 6.77. The van der Waals surface area contributed by atoms with Crippen LogP contribution in [0.1, 0.15) is 38.3 Å². The quantitative estimate of drug-likeness (QED) is 0.245. The van der Waals surface area contributed by atoms with Crippen LogP contribution < -0.4 is 16.0 Å². The molecule has 2 aliphatic heterocycles. The molecule has 1 fully saturated rings. The van der Waals surface area contributed by atoms with Crippen molar-refractivity contribution >= 4 is 46.4 Å². The van der Waals surface area contributed by atoms with Gasteiger partial charge in [0, 0.05) is 36.4 Å². The monoisotopic (exact) mass is 610 g/mol. The number of nitrogens with zero attached hydrogens (tertiary/aromatic N) is 1. The van der Waals surface area contributed by atoms with Gasteiger partial charge in [0.2, 0.25) is 0 Å². The van der Waals surface area contributed by atoms with Crippen LogP contribution in [0.4, 0.5) is 24.5 Å². The Labute approximate surface area is 250 Å². The summed E-state index contributed by atoms with van der Waals surface area (Å²) in [6.45, 7) is 3.14. The van der Waals surface area contributed by atoms with Crippen LogP contribution in [0.3, 0.4) is 0 Å². The van der Waals surface area contributed by atoms with Gasteiger partial charge < -0.3 is 30.7 Å². The first-order valence-electron chi connectivity index (χ1n) is 13.5. The first-order chi connectivity index (χ1) is 21.0. The summed E-state index contributed by atoms with van der Waals surface area (Å²) in [6.07, 6.45) is -4.15. The van der Waals surface area contributed by atoms with Crippen LogP contribution in [-0.2, 0) is 14.3 Å². The van der Waals surface area contributed by atoms with Gasteiger partial charge in [0.05, 0.1) is 29.6 Å². The van der Waals surface area contributed by atoms with Gasteiger partial charge in [-0.1, -0.05) is 36.4 Å². The van der Waals surface area contributed by atoms with Gasteiger partial charge in [-0.25, -0.2) is 9.59 Å². The average molecular weight is 611 g/mol. The predicted octanol–water partition coefficient (Wildman–Crippen LogP) is 4.47. The number of halogens is 3. The molecule has 0 bridgehead atoms. The number of carbonyl (C=O) groups is 4. The van der Waals surface area contributed by atoms with E-state index in [9.17, 15) is 27.6 Å². The van der Waals surface area contributed by atoms with E-state index in [4.69, 9.17) is 14.6 Å². The van der Waals surface area contributed by atoms with Gasteiger partial charge >= 0.3 is 18.1 Å². The number of carboxylic acids is 1. The van der Waals surface area contributed by atoms with E-state index in [-0.39, 0.29) is 11.8 Å². The molecule has 0 saturated carbocycles. The van der Waals surface area contributed by atoms with Crippen molar-refractivity contribution in [1.29, 1.82) is 0 Å². The Hall–Kier alpha value is -5.17. The molecule has 0 atom stereocenters. The molecule has 3 aromatic rings. The number of alkyl halides is 3. The van der Waals surface area contributed by atoms with Crippen LogP contribution in [0, 0.1) is 0 Å². The van der Waals surface area contributed by atoms with Crippen molar-refractivity contribution in [3.8, 4) is 0 Å². The molecule has 2 amide bonds. The first-order valence-corrected chi connectivity index (χ1v) is 13.5. The minimum atomic E-state index is -5.08. The minimum absolute atomic E-state index is 0.0161. The van der Waals surface area contributed by atoms with E-state index in [2.05, 4.69) is 16.0 Å². The van der Waals surface area contributed by atoms with Crippen molar-refractivity contribution in [3.63, 3.8) is 0 Å². The number of hydrogen-bond donors (Lipinski definition) is 4. The van der Waals surface area contributed by atoms with Crippen molar-refractivity contribution in [3.05, 3.63) is 95.1 Å². The zero-order chi connectivity index (χ0) is 31.9. The molecule has 5 rings (SSSR count). The normalized spacial score (nSPS) is 15.5. The molecule has 0 aliphatic carbocycles. The number of benzene rings is 3. The number of amides is 2. The number of nitrogens with one attached hydrogen (secondary N) is 3. The number of esters is 1. The molecule has 0 unspecified atom stereocenters. The molecule has 10 nitrogen and oxygen atoms in total. The number of fused-ring (bicyclic) bond motifs is 1. The Morgan fingerprint density at radius 3 is 2.20 bits per heavy atom. The molecular formula is C31H29F3N4O6. The number of hydrogen-bond acceptors (Lipinski definition) is 7. The number of carbonyl (C=O) groups excluding carboxylic acids is 3. The smallest absolute Gasteiger partial charge is 0.475 e. The highest BCUT2D eigenvalue weighted by atomic mass is 19.4. The van der Waals surface area contributed by atoms with Crippen LogP contribution >= 0.6 is 0 Å². The first kappa shape index (κ1) is 31.8. The third-order valence-electron chi connectivity index (χ3n) is 6.77. The summed E-state index contributed by atoms with van der Waals surface area (Å²) in [6, 6.07) is 21.9. The van der Waals surface area contributed by atoms with Gasteiger partial charge in [-0.3, -0.25) is 9.59 Å². The lowest BCUT2D eigenvalue weighted by Crippen LogP contribution is -2.34. The van der Waals surface area contributed by atoms with E-state index >= 15 is 0 Å².